The molecule has 0 bridgehead atoms. The van der Waals surface area contributed by atoms with Gasteiger partial charge in [0, 0.05) is 12.3 Å². The van der Waals surface area contributed by atoms with Crippen molar-refractivity contribution in [1.29, 1.82) is 0 Å². The summed E-state index contributed by atoms with van der Waals surface area (Å²) < 4.78 is 28.4. The molecule has 0 heterocycles. The summed E-state index contributed by atoms with van der Waals surface area (Å²) in [5.74, 6) is 0.683. The fourth-order valence-corrected chi connectivity index (χ4v) is 2.66. The zero-order valence-electron chi connectivity index (χ0n) is 10.9. The average molecular weight is 336 g/mol. The molecule has 2 N–H and O–H groups in total. The van der Waals surface area contributed by atoms with Crippen LogP contribution in [0, 0.1) is 0 Å². The van der Waals surface area contributed by atoms with E-state index in [0.717, 1.165) is 10.0 Å². The molecule has 1 aromatic carbocycles. The first-order valence-corrected chi connectivity index (χ1v) is 8.08. The Bertz CT molecular complexity index is 540. The molecule has 0 aromatic heterocycles. The summed E-state index contributed by atoms with van der Waals surface area (Å²) >= 11 is 3.36. The van der Waals surface area contributed by atoms with Crippen LogP contribution in [0.4, 0.5) is 0 Å². The van der Waals surface area contributed by atoms with Crippen molar-refractivity contribution in [3.05, 3.63) is 28.2 Å². The van der Waals surface area contributed by atoms with Crippen LogP contribution < -0.4 is 10.5 Å². The van der Waals surface area contributed by atoms with Gasteiger partial charge in [-0.25, -0.2) is 8.42 Å². The van der Waals surface area contributed by atoms with Crippen LogP contribution in [-0.4, -0.2) is 26.5 Å². The smallest absolute Gasteiger partial charge is 0.154 e. The number of hydrogen-bond donors (Lipinski definition) is 1. The Morgan fingerprint density at radius 2 is 1.94 bits per heavy atom. The Labute approximate surface area is 117 Å². The van der Waals surface area contributed by atoms with E-state index in [0.29, 0.717) is 5.75 Å². The van der Waals surface area contributed by atoms with Gasteiger partial charge in [0.15, 0.2) is 9.84 Å². The van der Waals surface area contributed by atoms with Crippen LogP contribution in [0.1, 0.15) is 25.5 Å². The maximum atomic E-state index is 11.8. The Balaban J connectivity index is 3.20. The average Bonchev–Trinajstić information content (AvgIpc) is 2.26. The molecule has 1 unspecified atom stereocenters. The number of halogens is 1. The molecule has 4 nitrogen and oxygen atoms in total. The Kier molecular flexibility index (Phi) is 4.46. The summed E-state index contributed by atoms with van der Waals surface area (Å²) in [7, 11) is -1.68. The summed E-state index contributed by atoms with van der Waals surface area (Å²) in [4.78, 5) is 0. The molecule has 0 saturated carbocycles. The molecule has 1 aromatic rings. The molecule has 0 fully saturated rings. The van der Waals surface area contributed by atoms with E-state index in [1.807, 2.05) is 0 Å². The van der Waals surface area contributed by atoms with E-state index >= 15 is 0 Å². The van der Waals surface area contributed by atoms with Crippen LogP contribution in [0.5, 0.6) is 5.75 Å². The van der Waals surface area contributed by atoms with Crippen LogP contribution in [0.3, 0.4) is 0 Å². The lowest BCUT2D eigenvalue weighted by molar-refractivity contribution is 0.411. The number of nitrogens with two attached hydrogens (primary N) is 1. The summed E-state index contributed by atoms with van der Waals surface area (Å²) in [5.41, 5.74) is 6.83. The third kappa shape index (κ3) is 2.87. The highest BCUT2D eigenvalue weighted by atomic mass is 79.9. The molecule has 1 atom stereocenters. The third-order valence-corrected chi connectivity index (χ3v) is 6.02. The molecule has 6 heteroatoms. The van der Waals surface area contributed by atoms with E-state index in [1.54, 1.807) is 39.2 Å². The Morgan fingerprint density at radius 3 is 2.33 bits per heavy atom. The SMILES string of the molecule is COc1ccc(C(N)C(C)(C)S(C)(=O)=O)cc1Br. The molecule has 102 valence electrons. The van der Waals surface area contributed by atoms with Crippen LogP contribution in [0.15, 0.2) is 22.7 Å². The molecule has 0 aliphatic rings. The predicted octanol–water partition coefficient (Wildman–Crippen LogP) is 2.28. The summed E-state index contributed by atoms with van der Waals surface area (Å²) in [6, 6.07) is 4.73. The van der Waals surface area contributed by atoms with Gasteiger partial charge in [-0.15, -0.1) is 0 Å². The second-order valence-corrected chi connectivity index (χ2v) is 8.20. The van der Waals surface area contributed by atoms with Gasteiger partial charge in [0.1, 0.15) is 5.75 Å². The first kappa shape index (κ1) is 15.5. The molecule has 0 aliphatic heterocycles. The second kappa shape index (κ2) is 5.19. The van der Waals surface area contributed by atoms with Crippen molar-refractivity contribution < 1.29 is 13.2 Å². The minimum Gasteiger partial charge on any atom is -0.496 e. The van der Waals surface area contributed by atoms with Gasteiger partial charge in [-0.3, -0.25) is 0 Å². The highest BCUT2D eigenvalue weighted by molar-refractivity contribution is 9.10. The van der Waals surface area contributed by atoms with E-state index in [1.165, 1.54) is 6.26 Å². The van der Waals surface area contributed by atoms with E-state index in [2.05, 4.69) is 15.9 Å². The number of ether oxygens (including phenoxy) is 1. The lowest BCUT2D eigenvalue weighted by Crippen LogP contribution is -2.42. The maximum Gasteiger partial charge on any atom is 0.154 e. The van der Waals surface area contributed by atoms with E-state index < -0.39 is 20.6 Å². The van der Waals surface area contributed by atoms with E-state index in [-0.39, 0.29) is 0 Å². The molecule has 0 aliphatic carbocycles. The molecule has 0 saturated heterocycles. The molecule has 0 spiro atoms. The van der Waals surface area contributed by atoms with Crippen molar-refractivity contribution in [3.8, 4) is 5.75 Å². The van der Waals surface area contributed by atoms with Gasteiger partial charge >= 0.3 is 0 Å². The van der Waals surface area contributed by atoms with Gasteiger partial charge in [-0.1, -0.05) is 6.07 Å². The van der Waals surface area contributed by atoms with Crippen molar-refractivity contribution in [2.45, 2.75) is 24.6 Å². The lowest BCUT2D eigenvalue weighted by atomic mass is 9.96. The molecular formula is C12H18BrNO3S. The van der Waals surface area contributed by atoms with Gasteiger partial charge in [0.05, 0.1) is 16.3 Å². The van der Waals surface area contributed by atoms with Crippen molar-refractivity contribution in [2.24, 2.45) is 5.73 Å². The summed E-state index contributed by atoms with van der Waals surface area (Å²) in [6.45, 7) is 3.26. The first-order chi connectivity index (χ1) is 8.11. The van der Waals surface area contributed by atoms with Crippen LogP contribution in [0.2, 0.25) is 0 Å². The zero-order chi connectivity index (χ0) is 14.1. The summed E-state index contributed by atoms with van der Waals surface area (Å²) in [5, 5.41) is 0. The normalized spacial score (nSPS) is 14.3. The molecule has 0 amide bonds. The number of sulfone groups is 1. The Morgan fingerprint density at radius 1 is 1.39 bits per heavy atom. The van der Waals surface area contributed by atoms with Crippen molar-refractivity contribution in [2.75, 3.05) is 13.4 Å². The van der Waals surface area contributed by atoms with Crippen LogP contribution in [0.25, 0.3) is 0 Å². The van der Waals surface area contributed by atoms with E-state index in [4.69, 9.17) is 10.5 Å². The summed E-state index contributed by atoms with van der Waals surface area (Å²) in [6.07, 6.45) is 1.20. The predicted molar refractivity (Wildman–Crippen MR) is 76.5 cm³/mol. The molecule has 18 heavy (non-hydrogen) atoms. The molecule has 1 rings (SSSR count). The zero-order valence-corrected chi connectivity index (χ0v) is 13.3. The highest BCUT2D eigenvalue weighted by Crippen LogP contribution is 2.34. The largest absolute Gasteiger partial charge is 0.496 e. The quantitative estimate of drug-likeness (QED) is 0.916. The number of benzene rings is 1. The number of hydrogen-bond acceptors (Lipinski definition) is 4. The minimum absolute atomic E-state index is 0.602. The fraction of sp³-hybridized carbons (Fsp3) is 0.500. The standard InChI is InChI=1S/C12H18BrNO3S/c1-12(2,18(4,15)16)11(14)8-5-6-10(17-3)9(13)7-8/h5-7,11H,14H2,1-4H3. The lowest BCUT2D eigenvalue weighted by Gasteiger charge is -2.30. The van der Waals surface area contributed by atoms with E-state index in [9.17, 15) is 8.42 Å². The molecule has 0 radical (unpaired) electrons. The maximum absolute atomic E-state index is 11.8. The van der Waals surface area contributed by atoms with Crippen molar-refractivity contribution >= 4 is 25.8 Å². The van der Waals surface area contributed by atoms with Crippen molar-refractivity contribution in [1.82, 2.24) is 0 Å². The third-order valence-electron chi connectivity index (χ3n) is 3.24. The fourth-order valence-electron chi connectivity index (χ4n) is 1.51. The topological polar surface area (TPSA) is 69.4 Å². The van der Waals surface area contributed by atoms with Gasteiger partial charge in [-0.05, 0) is 47.5 Å². The Hall–Kier alpha value is -0.590. The molecular weight excluding hydrogens is 318 g/mol. The minimum atomic E-state index is -3.25. The first-order valence-electron chi connectivity index (χ1n) is 5.40. The van der Waals surface area contributed by atoms with Gasteiger partial charge in [0.2, 0.25) is 0 Å². The van der Waals surface area contributed by atoms with Gasteiger partial charge < -0.3 is 10.5 Å². The van der Waals surface area contributed by atoms with Crippen molar-refractivity contribution in [3.63, 3.8) is 0 Å². The second-order valence-electron chi connectivity index (χ2n) is 4.75. The number of rotatable bonds is 4. The van der Waals surface area contributed by atoms with Gasteiger partial charge in [-0.2, -0.15) is 0 Å². The van der Waals surface area contributed by atoms with Crippen LogP contribution in [-0.2, 0) is 9.84 Å². The highest BCUT2D eigenvalue weighted by Gasteiger charge is 2.37. The van der Waals surface area contributed by atoms with Gasteiger partial charge in [0.25, 0.3) is 0 Å². The monoisotopic (exact) mass is 335 g/mol. The number of methoxy groups -OCH3 is 1. The van der Waals surface area contributed by atoms with Crippen LogP contribution >= 0.6 is 15.9 Å².